The third-order valence-corrected chi connectivity index (χ3v) is 5.16. The Morgan fingerprint density at radius 3 is 2.35 bits per heavy atom. The molecule has 34 heavy (non-hydrogen) atoms. The Morgan fingerprint density at radius 1 is 1.18 bits per heavy atom. The highest BCUT2D eigenvalue weighted by Gasteiger charge is 2.46. The normalized spacial score (nSPS) is 17.6. The van der Waals surface area contributed by atoms with E-state index in [1.54, 1.807) is 34.6 Å². The van der Waals surface area contributed by atoms with Crippen LogP contribution < -0.4 is 5.32 Å². The summed E-state index contributed by atoms with van der Waals surface area (Å²) in [7, 11) is 1.52. The van der Waals surface area contributed by atoms with Gasteiger partial charge in [0.1, 0.15) is 11.6 Å². The van der Waals surface area contributed by atoms with Gasteiger partial charge in [0.25, 0.3) is 0 Å². The highest BCUT2D eigenvalue weighted by molar-refractivity contribution is 6.03. The fraction of sp³-hybridized carbons (Fsp3) is 0.583. The number of hydrogen-bond donors (Lipinski definition) is 1. The maximum Gasteiger partial charge on any atom is 0.331 e. The predicted octanol–water partition coefficient (Wildman–Crippen LogP) is 2.56. The molecule has 1 heterocycles. The number of hydrogen-bond acceptors (Lipinski definition) is 7. The lowest BCUT2D eigenvalue weighted by Gasteiger charge is -2.28. The zero-order chi connectivity index (χ0) is 24.8. The Balaban J connectivity index is 0.00000578. The number of likely N-dealkylation sites (N-methyl/N-ethyl adjacent to an activating group) is 1. The van der Waals surface area contributed by atoms with Crippen molar-refractivity contribution in [3.05, 3.63) is 35.9 Å². The number of amides is 3. The molecule has 3 amide bonds. The van der Waals surface area contributed by atoms with Gasteiger partial charge in [-0.25, -0.2) is 14.5 Å². The number of aryl methyl sites for hydroxylation is 1. The monoisotopic (exact) mass is 497 g/mol. The molecule has 3 atom stereocenters. The van der Waals surface area contributed by atoms with Crippen LogP contribution in [0.3, 0.4) is 0 Å². The maximum absolute atomic E-state index is 13.2. The molecule has 0 spiro atoms. The molecule has 1 aromatic carbocycles. The number of imide groups is 1. The molecule has 1 aliphatic rings. The lowest BCUT2D eigenvalue weighted by molar-refractivity contribution is -0.162. The van der Waals surface area contributed by atoms with Gasteiger partial charge in [-0.1, -0.05) is 30.3 Å². The highest BCUT2D eigenvalue weighted by Crippen LogP contribution is 2.20. The molecule has 0 aliphatic carbocycles. The summed E-state index contributed by atoms with van der Waals surface area (Å²) in [5, 5.41) is 3.00. The number of esters is 2. The zero-order valence-corrected chi connectivity index (χ0v) is 21.5. The van der Waals surface area contributed by atoms with Crippen molar-refractivity contribution in [3.63, 3.8) is 0 Å². The summed E-state index contributed by atoms with van der Waals surface area (Å²) < 4.78 is 10.6. The first-order valence-electron chi connectivity index (χ1n) is 11.2. The molecule has 9 nitrogen and oxygen atoms in total. The van der Waals surface area contributed by atoms with Crippen LogP contribution in [0.4, 0.5) is 4.79 Å². The second-order valence-corrected chi connectivity index (χ2v) is 9.14. The molecule has 0 bridgehead atoms. The van der Waals surface area contributed by atoms with Crippen LogP contribution in [0.15, 0.2) is 30.3 Å². The van der Waals surface area contributed by atoms with Crippen molar-refractivity contribution in [2.45, 2.75) is 71.2 Å². The molecule has 1 fully saturated rings. The van der Waals surface area contributed by atoms with Gasteiger partial charge in [-0.2, -0.15) is 0 Å². The van der Waals surface area contributed by atoms with Crippen LogP contribution in [-0.4, -0.2) is 77.6 Å². The number of ether oxygens (including phenoxy) is 2. The Bertz CT molecular complexity index is 858. The minimum absolute atomic E-state index is 0. The Kier molecular flexibility index (Phi) is 11.0. The fourth-order valence-corrected chi connectivity index (χ4v) is 3.58. The average Bonchev–Trinajstić information content (AvgIpc) is 3.04. The van der Waals surface area contributed by atoms with Crippen molar-refractivity contribution in [2.75, 3.05) is 20.2 Å². The number of rotatable bonds is 9. The summed E-state index contributed by atoms with van der Waals surface area (Å²) >= 11 is 0. The molecule has 190 valence electrons. The van der Waals surface area contributed by atoms with Crippen molar-refractivity contribution < 1.29 is 28.7 Å². The Morgan fingerprint density at radius 2 is 1.79 bits per heavy atom. The second-order valence-electron chi connectivity index (χ2n) is 9.14. The molecule has 2 rings (SSSR count). The van der Waals surface area contributed by atoms with Crippen molar-refractivity contribution in [2.24, 2.45) is 0 Å². The van der Waals surface area contributed by atoms with Gasteiger partial charge < -0.3 is 14.4 Å². The average molecular weight is 498 g/mol. The summed E-state index contributed by atoms with van der Waals surface area (Å²) in [6.45, 7) is 8.69. The van der Waals surface area contributed by atoms with Gasteiger partial charge in [-0.05, 0) is 53.0 Å². The van der Waals surface area contributed by atoms with Gasteiger partial charge in [0.05, 0.1) is 19.2 Å². The van der Waals surface area contributed by atoms with Gasteiger partial charge in [0, 0.05) is 7.05 Å². The number of halogens is 1. The largest absolute Gasteiger partial charge is 0.465 e. The first-order valence-corrected chi connectivity index (χ1v) is 11.2. The molecular formula is C24H36ClN3O6. The third-order valence-electron chi connectivity index (χ3n) is 5.16. The molecule has 1 N–H and O–H groups in total. The molecule has 1 saturated heterocycles. The topological polar surface area (TPSA) is 105 Å². The predicted molar refractivity (Wildman–Crippen MR) is 130 cm³/mol. The van der Waals surface area contributed by atoms with Gasteiger partial charge in [0.15, 0.2) is 6.04 Å². The van der Waals surface area contributed by atoms with E-state index in [0.29, 0.717) is 12.8 Å². The summed E-state index contributed by atoms with van der Waals surface area (Å²) in [6.07, 6.45) is 1.01. The van der Waals surface area contributed by atoms with E-state index in [1.807, 2.05) is 30.3 Å². The number of carbonyl (C=O) groups excluding carboxylic acids is 4. The summed E-state index contributed by atoms with van der Waals surface area (Å²) in [6, 6.07) is 6.37. The molecule has 0 unspecified atom stereocenters. The van der Waals surface area contributed by atoms with Crippen molar-refractivity contribution >= 4 is 36.3 Å². The number of nitrogens with one attached hydrogen (secondary N) is 1. The first-order chi connectivity index (χ1) is 15.4. The lowest BCUT2D eigenvalue weighted by atomic mass is 10.0. The van der Waals surface area contributed by atoms with Gasteiger partial charge in [0.2, 0.25) is 5.91 Å². The highest BCUT2D eigenvalue weighted by atomic mass is 35.5. The van der Waals surface area contributed by atoms with E-state index < -0.39 is 47.6 Å². The summed E-state index contributed by atoms with van der Waals surface area (Å²) in [5.74, 6) is -1.72. The molecule has 0 aromatic heterocycles. The summed E-state index contributed by atoms with van der Waals surface area (Å²) in [5.41, 5.74) is 0.292. The van der Waals surface area contributed by atoms with Gasteiger partial charge in [-0.15, -0.1) is 12.4 Å². The smallest absolute Gasteiger partial charge is 0.331 e. The van der Waals surface area contributed by atoms with Crippen LogP contribution >= 0.6 is 12.4 Å². The van der Waals surface area contributed by atoms with Crippen LogP contribution in [-0.2, 0) is 30.3 Å². The van der Waals surface area contributed by atoms with E-state index in [-0.39, 0.29) is 25.6 Å². The van der Waals surface area contributed by atoms with Crippen LogP contribution in [0.5, 0.6) is 0 Å². The van der Waals surface area contributed by atoms with Crippen molar-refractivity contribution in [1.29, 1.82) is 0 Å². The quantitative estimate of drug-likeness (QED) is 0.522. The lowest BCUT2D eigenvalue weighted by Crippen LogP contribution is -2.55. The van der Waals surface area contributed by atoms with E-state index in [4.69, 9.17) is 9.47 Å². The van der Waals surface area contributed by atoms with Crippen molar-refractivity contribution in [3.8, 4) is 0 Å². The molecule has 0 radical (unpaired) electrons. The van der Waals surface area contributed by atoms with E-state index in [2.05, 4.69) is 5.32 Å². The molecule has 10 heteroatoms. The van der Waals surface area contributed by atoms with Gasteiger partial charge >= 0.3 is 18.0 Å². The minimum atomic E-state index is -1.05. The minimum Gasteiger partial charge on any atom is -0.465 e. The number of carbonyl (C=O) groups is 4. The standard InChI is InChI=1S/C24H35N3O6.ClH/c1-7-32-21(29)18(14-13-17-11-9-8-10-12-17)25-16(2)20(28)27-19(15-26(6)23(27)31)22(30)33-24(3,4)5;/h8-12,16,18-19,25H,7,13-15H2,1-6H3;1H/t16-,18-,19-;/m0./s1. The van der Waals surface area contributed by atoms with E-state index in [0.717, 1.165) is 10.5 Å². The fourth-order valence-electron chi connectivity index (χ4n) is 3.58. The van der Waals surface area contributed by atoms with Crippen LogP contribution in [0.1, 0.15) is 46.6 Å². The van der Waals surface area contributed by atoms with E-state index in [1.165, 1.54) is 11.9 Å². The number of urea groups is 1. The van der Waals surface area contributed by atoms with Gasteiger partial charge in [-0.3, -0.25) is 14.9 Å². The third kappa shape index (κ3) is 7.99. The van der Waals surface area contributed by atoms with Crippen LogP contribution in [0.2, 0.25) is 0 Å². The Hall–Kier alpha value is -2.65. The zero-order valence-electron chi connectivity index (χ0n) is 20.7. The molecule has 1 aliphatic heterocycles. The number of nitrogens with zero attached hydrogens (tertiary/aromatic N) is 2. The molecule has 1 aromatic rings. The number of benzene rings is 1. The van der Waals surface area contributed by atoms with Crippen LogP contribution in [0, 0.1) is 0 Å². The van der Waals surface area contributed by atoms with E-state index in [9.17, 15) is 19.2 Å². The van der Waals surface area contributed by atoms with E-state index >= 15 is 0 Å². The maximum atomic E-state index is 13.2. The molecule has 0 saturated carbocycles. The van der Waals surface area contributed by atoms with Crippen LogP contribution in [0.25, 0.3) is 0 Å². The SMILES string of the molecule is CCOC(=O)[C@H](CCc1ccccc1)N[C@@H](C)C(=O)N1C(=O)N(C)C[C@H]1C(=O)OC(C)(C)C.Cl. The summed E-state index contributed by atoms with van der Waals surface area (Å²) in [4.78, 5) is 53.3. The first kappa shape index (κ1) is 29.4. The second kappa shape index (κ2) is 12.7. The Labute approximate surface area is 207 Å². The van der Waals surface area contributed by atoms with Crippen molar-refractivity contribution in [1.82, 2.24) is 15.1 Å². The molecular weight excluding hydrogens is 462 g/mol.